The molecule has 0 saturated carbocycles. The number of hydrogen-bond acceptors (Lipinski definition) is 3. The van der Waals surface area contributed by atoms with Gasteiger partial charge >= 0.3 is 0 Å². The lowest BCUT2D eigenvalue weighted by Gasteiger charge is -2.35. The second-order valence-electron chi connectivity index (χ2n) is 5.99. The van der Waals surface area contributed by atoms with Gasteiger partial charge in [-0.25, -0.2) is 0 Å². The van der Waals surface area contributed by atoms with E-state index in [0.717, 1.165) is 5.56 Å². The fraction of sp³-hybridized carbons (Fsp3) is 0.412. The highest BCUT2D eigenvalue weighted by Crippen LogP contribution is 2.17. The Balaban J connectivity index is 1.71. The highest BCUT2D eigenvalue weighted by Gasteiger charge is 2.27. The molecule has 23 heavy (non-hydrogen) atoms. The molecule has 0 aliphatic carbocycles. The van der Waals surface area contributed by atoms with Crippen molar-refractivity contribution >= 4 is 17.5 Å². The van der Waals surface area contributed by atoms with Crippen molar-refractivity contribution in [3.63, 3.8) is 0 Å². The molecule has 2 heterocycles. The number of nitrogens with zero attached hydrogens (tertiary/aromatic N) is 3. The summed E-state index contributed by atoms with van der Waals surface area (Å²) in [6, 6.07) is 7.64. The lowest BCUT2D eigenvalue weighted by molar-refractivity contribution is -0.0586. The van der Waals surface area contributed by atoms with Crippen molar-refractivity contribution in [1.29, 1.82) is 0 Å². The van der Waals surface area contributed by atoms with Gasteiger partial charge in [0.2, 0.25) is 0 Å². The highest BCUT2D eigenvalue weighted by atomic mass is 35.5. The molecule has 1 aliphatic heterocycles. The summed E-state index contributed by atoms with van der Waals surface area (Å²) in [6.45, 7) is 5.73. The quantitative estimate of drug-likeness (QED) is 0.867. The predicted octanol–water partition coefficient (Wildman–Crippen LogP) is 2.83. The molecule has 5 nitrogen and oxygen atoms in total. The molecule has 1 amide bonds. The molecule has 1 fully saturated rings. The summed E-state index contributed by atoms with van der Waals surface area (Å²) in [5.41, 5.74) is 1.57. The average Bonchev–Trinajstić information content (AvgIpc) is 2.96. The monoisotopic (exact) mass is 333 g/mol. The molecule has 0 spiro atoms. The summed E-state index contributed by atoms with van der Waals surface area (Å²) < 4.78 is 7.41. The van der Waals surface area contributed by atoms with Crippen molar-refractivity contribution in [3.8, 4) is 0 Å². The molecule has 2 atom stereocenters. The van der Waals surface area contributed by atoms with Gasteiger partial charge in [0.05, 0.1) is 30.5 Å². The lowest BCUT2D eigenvalue weighted by atomic mass is 10.2. The van der Waals surface area contributed by atoms with E-state index in [0.29, 0.717) is 30.2 Å². The molecular formula is C17H20ClN3O2. The van der Waals surface area contributed by atoms with Crippen LogP contribution in [-0.4, -0.2) is 45.9 Å². The summed E-state index contributed by atoms with van der Waals surface area (Å²) in [5.74, 6) is -0.00240. The van der Waals surface area contributed by atoms with Gasteiger partial charge in [0, 0.05) is 24.3 Å². The van der Waals surface area contributed by atoms with Gasteiger partial charge in [0.25, 0.3) is 5.91 Å². The molecular weight excluding hydrogens is 314 g/mol. The van der Waals surface area contributed by atoms with Crippen LogP contribution in [0.4, 0.5) is 0 Å². The Kier molecular flexibility index (Phi) is 4.68. The van der Waals surface area contributed by atoms with E-state index in [4.69, 9.17) is 16.3 Å². The van der Waals surface area contributed by atoms with Crippen molar-refractivity contribution in [2.45, 2.75) is 32.6 Å². The second kappa shape index (κ2) is 6.72. The maximum Gasteiger partial charge on any atom is 0.257 e. The van der Waals surface area contributed by atoms with Gasteiger partial charge in [-0.2, -0.15) is 5.10 Å². The third-order valence-electron chi connectivity index (χ3n) is 3.88. The van der Waals surface area contributed by atoms with E-state index in [9.17, 15) is 4.79 Å². The Morgan fingerprint density at radius 2 is 2.00 bits per heavy atom. The number of ether oxygens (including phenoxy) is 1. The molecule has 6 heteroatoms. The Bertz CT molecular complexity index is 691. The third kappa shape index (κ3) is 3.74. The fourth-order valence-electron chi connectivity index (χ4n) is 2.89. The smallest absolute Gasteiger partial charge is 0.257 e. The summed E-state index contributed by atoms with van der Waals surface area (Å²) >= 11 is 6.17. The van der Waals surface area contributed by atoms with Crippen LogP contribution in [0.2, 0.25) is 5.02 Å². The third-order valence-corrected chi connectivity index (χ3v) is 4.25. The molecule has 1 aliphatic rings. The number of carbonyl (C=O) groups excluding carboxylic acids is 1. The van der Waals surface area contributed by atoms with Crippen molar-refractivity contribution < 1.29 is 9.53 Å². The van der Waals surface area contributed by atoms with Crippen LogP contribution in [0.25, 0.3) is 0 Å². The summed E-state index contributed by atoms with van der Waals surface area (Å²) in [6.07, 6.45) is 3.50. The van der Waals surface area contributed by atoms with E-state index >= 15 is 0 Å². The van der Waals surface area contributed by atoms with Crippen LogP contribution in [0.15, 0.2) is 36.7 Å². The molecule has 2 aromatic rings. The Morgan fingerprint density at radius 3 is 2.70 bits per heavy atom. The Labute approximate surface area is 140 Å². The zero-order valence-corrected chi connectivity index (χ0v) is 14.0. The number of benzene rings is 1. The topological polar surface area (TPSA) is 47.4 Å². The van der Waals surface area contributed by atoms with Crippen molar-refractivity contribution in [1.82, 2.24) is 14.7 Å². The number of amides is 1. The van der Waals surface area contributed by atoms with Gasteiger partial charge in [0.1, 0.15) is 0 Å². The van der Waals surface area contributed by atoms with Crippen LogP contribution < -0.4 is 0 Å². The maximum atomic E-state index is 12.6. The molecule has 0 unspecified atom stereocenters. The van der Waals surface area contributed by atoms with Crippen molar-refractivity contribution in [2.75, 3.05) is 13.1 Å². The van der Waals surface area contributed by atoms with Crippen LogP contribution >= 0.6 is 11.6 Å². The van der Waals surface area contributed by atoms with Crippen molar-refractivity contribution in [3.05, 3.63) is 52.8 Å². The zero-order valence-electron chi connectivity index (χ0n) is 13.3. The Morgan fingerprint density at radius 1 is 1.30 bits per heavy atom. The standard InChI is InChI=1S/C17H20ClN3O2/c1-12-8-20(9-13(2)23-12)17(22)15-7-19-21(11-15)10-14-5-3-4-6-16(14)18/h3-7,11-13H,8-10H2,1-2H3/t12-,13-/m0/s1. The van der Waals surface area contributed by atoms with Crippen LogP contribution in [0, 0.1) is 0 Å². The number of halogens is 1. The minimum Gasteiger partial charge on any atom is -0.372 e. The van der Waals surface area contributed by atoms with E-state index < -0.39 is 0 Å². The molecule has 1 aromatic heterocycles. The molecule has 3 rings (SSSR count). The fourth-order valence-corrected chi connectivity index (χ4v) is 3.08. The van der Waals surface area contributed by atoms with Gasteiger partial charge in [0.15, 0.2) is 0 Å². The number of hydrogen-bond donors (Lipinski definition) is 0. The highest BCUT2D eigenvalue weighted by molar-refractivity contribution is 6.31. The van der Waals surface area contributed by atoms with Gasteiger partial charge in [-0.15, -0.1) is 0 Å². The summed E-state index contributed by atoms with van der Waals surface area (Å²) in [4.78, 5) is 14.4. The number of aromatic nitrogens is 2. The average molecular weight is 334 g/mol. The summed E-state index contributed by atoms with van der Waals surface area (Å²) in [7, 11) is 0. The van der Waals surface area contributed by atoms with E-state index in [1.807, 2.05) is 43.0 Å². The number of morpholine rings is 1. The van der Waals surface area contributed by atoms with E-state index in [1.54, 1.807) is 17.1 Å². The van der Waals surface area contributed by atoms with Crippen LogP contribution in [0.3, 0.4) is 0 Å². The minimum atomic E-state index is -0.00240. The molecule has 122 valence electrons. The predicted molar refractivity (Wildman–Crippen MR) is 88.7 cm³/mol. The lowest BCUT2D eigenvalue weighted by Crippen LogP contribution is -2.48. The first-order valence-electron chi connectivity index (χ1n) is 7.73. The zero-order chi connectivity index (χ0) is 16.4. The molecule has 0 bridgehead atoms. The number of rotatable bonds is 3. The summed E-state index contributed by atoms with van der Waals surface area (Å²) in [5, 5.41) is 4.99. The van der Waals surface area contributed by atoms with Crippen LogP contribution in [-0.2, 0) is 11.3 Å². The number of carbonyl (C=O) groups is 1. The molecule has 0 radical (unpaired) electrons. The first kappa shape index (κ1) is 16.0. The van der Waals surface area contributed by atoms with E-state index in [-0.39, 0.29) is 18.1 Å². The second-order valence-corrected chi connectivity index (χ2v) is 6.39. The first-order valence-corrected chi connectivity index (χ1v) is 8.11. The van der Waals surface area contributed by atoms with Gasteiger partial charge in [-0.05, 0) is 25.5 Å². The van der Waals surface area contributed by atoms with Crippen molar-refractivity contribution in [2.24, 2.45) is 0 Å². The van der Waals surface area contributed by atoms with E-state index in [1.165, 1.54) is 0 Å². The molecule has 0 N–H and O–H groups in total. The SMILES string of the molecule is C[C@H]1CN(C(=O)c2cnn(Cc3ccccc3Cl)c2)C[C@H](C)O1. The normalized spacial score (nSPS) is 21.4. The van der Waals surface area contributed by atoms with Gasteiger partial charge < -0.3 is 9.64 Å². The Hall–Kier alpha value is -1.85. The molecule has 1 saturated heterocycles. The van der Waals surface area contributed by atoms with E-state index in [2.05, 4.69) is 5.10 Å². The largest absolute Gasteiger partial charge is 0.372 e. The van der Waals surface area contributed by atoms with Gasteiger partial charge in [-0.1, -0.05) is 29.8 Å². The first-order chi connectivity index (χ1) is 11.0. The van der Waals surface area contributed by atoms with Crippen LogP contribution in [0.5, 0.6) is 0 Å². The van der Waals surface area contributed by atoms with Crippen LogP contribution in [0.1, 0.15) is 29.8 Å². The maximum absolute atomic E-state index is 12.6. The minimum absolute atomic E-state index is 0.00240. The molecule has 1 aromatic carbocycles. The van der Waals surface area contributed by atoms with Gasteiger partial charge in [-0.3, -0.25) is 9.48 Å².